The third-order valence-corrected chi connectivity index (χ3v) is 8.82. The van der Waals surface area contributed by atoms with Crippen molar-refractivity contribution in [2.75, 3.05) is 29.5 Å². The number of nitrogens with one attached hydrogen (secondary N) is 1. The van der Waals surface area contributed by atoms with E-state index in [1.165, 1.54) is 4.52 Å². The number of halogens is 4. The highest BCUT2D eigenvalue weighted by Gasteiger charge is 2.38. The number of aliphatic carboxylic acids is 1. The van der Waals surface area contributed by atoms with Crippen molar-refractivity contribution >= 4 is 56.1 Å². The number of sulfone groups is 1. The Morgan fingerprint density at radius 1 is 1.32 bits per heavy atom. The zero-order chi connectivity index (χ0) is 30.3. The largest absolute Gasteiger partial charge is 0.490 e. The normalized spacial score (nSPS) is 17.6. The fourth-order valence-corrected chi connectivity index (χ4v) is 5.86. The van der Waals surface area contributed by atoms with Gasteiger partial charge in [-0.05, 0) is 26.0 Å². The molecule has 5 heterocycles. The molecule has 1 aliphatic heterocycles. The van der Waals surface area contributed by atoms with Crippen molar-refractivity contribution < 1.29 is 36.3 Å². The fourth-order valence-electron chi connectivity index (χ4n) is 4.32. The topological polar surface area (TPSA) is 177 Å². The van der Waals surface area contributed by atoms with E-state index in [0.29, 0.717) is 29.3 Å². The van der Waals surface area contributed by atoms with Gasteiger partial charge >= 0.3 is 12.1 Å². The lowest BCUT2D eigenvalue weighted by atomic mass is 10.1. The van der Waals surface area contributed by atoms with Gasteiger partial charge in [0.05, 0.1) is 33.8 Å². The van der Waals surface area contributed by atoms with Gasteiger partial charge in [-0.3, -0.25) is 9.20 Å². The zero-order valence-corrected chi connectivity index (χ0v) is 23.1. The third kappa shape index (κ3) is 6.00. The van der Waals surface area contributed by atoms with E-state index in [1.54, 1.807) is 44.0 Å². The molecule has 13 nitrogen and oxygen atoms in total. The number of fused-ring (bicyclic) bond motifs is 2. The number of nitrogens with two attached hydrogens (primary N) is 1. The van der Waals surface area contributed by atoms with Crippen LogP contribution in [0.3, 0.4) is 0 Å². The Hall–Kier alpha value is -4.12. The first-order valence-corrected chi connectivity index (χ1v) is 14.0. The zero-order valence-electron chi connectivity index (χ0n) is 21.5. The van der Waals surface area contributed by atoms with E-state index in [4.69, 9.17) is 27.2 Å². The van der Waals surface area contributed by atoms with Crippen LogP contribution in [0.1, 0.15) is 35.8 Å². The monoisotopic (exact) mass is 616 g/mol. The van der Waals surface area contributed by atoms with Crippen LogP contribution in [-0.4, -0.2) is 79.7 Å². The lowest BCUT2D eigenvalue weighted by molar-refractivity contribution is -0.192. The number of nitrogen functional groups attached to an aromatic ring is 1. The van der Waals surface area contributed by atoms with Gasteiger partial charge in [0.25, 0.3) is 5.91 Å². The van der Waals surface area contributed by atoms with Gasteiger partial charge in [0.15, 0.2) is 21.3 Å². The molecule has 4 N–H and O–H groups in total. The molecule has 1 amide bonds. The summed E-state index contributed by atoms with van der Waals surface area (Å²) in [6.07, 6.45) is 1.42. The molecule has 0 aliphatic carbocycles. The number of aromatic nitrogens is 5. The summed E-state index contributed by atoms with van der Waals surface area (Å²) in [5.74, 6) is -2.34. The average molecular weight is 617 g/mol. The van der Waals surface area contributed by atoms with E-state index in [0.717, 1.165) is 11.4 Å². The van der Waals surface area contributed by atoms with E-state index in [-0.39, 0.29) is 17.1 Å². The predicted octanol–water partition coefficient (Wildman–Crippen LogP) is 2.36. The molecule has 1 fully saturated rings. The van der Waals surface area contributed by atoms with E-state index < -0.39 is 39.2 Å². The Kier molecular flexibility index (Phi) is 8.04. The number of carbonyl (C=O) groups is 2. The number of carbonyl (C=O) groups excluding carboxylic acids is 1. The molecule has 1 unspecified atom stereocenters. The molecule has 4 aromatic heterocycles. The maximum Gasteiger partial charge on any atom is 0.490 e. The van der Waals surface area contributed by atoms with E-state index in [2.05, 4.69) is 20.4 Å². The minimum atomic E-state index is -5.08. The molecule has 1 aliphatic rings. The van der Waals surface area contributed by atoms with Gasteiger partial charge in [-0.2, -0.15) is 13.2 Å². The van der Waals surface area contributed by atoms with Crippen LogP contribution in [-0.2, 0) is 14.6 Å². The smallest absolute Gasteiger partial charge is 0.475 e. The number of pyridine rings is 1. The summed E-state index contributed by atoms with van der Waals surface area (Å²) in [5.41, 5.74) is 7.95. The summed E-state index contributed by atoms with van der Waals surface area (Å²) in [6, 6.07) is 2.97. The van der Waals surface area contributed by atoms with Crippen LogP contribution in [0.4, 0.5) is 24.8 Å². The van der Waals surface area contributed by atoms with E-state index in [9.17, 15) is 26.4 Å². The van der Waals surface area contributed by atoms with Gasteiger partial charge in [-0.25, -0.2) is 27.7 Å². The molecule has 1 saturated heterocycles. The number of anilines is 2. The molecule has 4 aromatic rings. The first-order valence-electron chi connectivity index (χ1n) is 11.9. The number of hydrogen-bond acceptors (Lipinski definition) is 9. The number of alkyl halides is 3. The minimum Gasteiger partial charge on any atom is -0.475 e. The van der Waals surface area contributed by atoms with Crippen LogP contribution in [0, 0.1) is 0 Å². The van der Waals surface area contributed by atoms with Crippen LogP contribution in [0.25, 0.3) is 11.2 Å². The molecule has 0 bridgehead atoms. The van der Waals surface area contributed by atoms with Gasteiger partial charge in [-0.1, -0.05) is 11.6 Å². The Morgan fingerprint density at radius 2 is 2.00 bits per heavy atom. The first-order chi connectivity index (χ1) is 19.1. The number of nitrogens with zero attached hydrogens (tertiary/aromatic N) is 6. The molecular weight excluding hydrogens is 593 g/mol. The highest BCUT2D eigenvalue weighted by atomic mass is 35.5. The van der Waals surface area contributed by atoms with E-state index in [1.807, 2.05) is 16.2 Å². The standard InChI is InChI=1S/C21H23ClN8O3S.C2HF3O2/c1-12-10-28(6-7-34(12,32)33)21-14(8-15(22)16-9-24-11-29(16)21)13(2)26-20(31)17-18(23)27-30-5-3-4-25-19(17)30;3-2(4,5)1(6)7/h3-5,8-9,11-13H,6-7,10H2,1-2H3,(H2,23,27)(H,26,31);(H,6,7)/t12?,13-;/m0./s1. The average Bonchev–Trinajstić information content (AvgIpc) is 3.50. The summed E-state index contributed by atoms with van der Waals surface area (Å²) in [5, 5.41) is 14.2. The van der Waals surface area contributed by atoms with Gasteiger partial charge in [0.1, 0.15) is 17.7 Å². The number of rotatable bonds is 4. The van der Waals surface area contributed by atoms with Crippen molar-refractivity contribution in [1.82, 2.24) is 29.3 Å². The van der Waals surface area contributed by atoms with Crippen molar-refractivity contribution in [2.45, 2.75) is 31.3 Å². The summed E-state index contributed by atoms with van der Waals surface area (Å²) in [4.78, 5) is 32.6. The van der Waals surface area contributed by atoms with Crippen molar-refractivity contribution in [3.8, 4) is 0 Å². The summed E-state index contributed by atoms with van der Waals surface area (Å²) in [6.45, 7) is 4.17. The molecule has 5 rings (SSSR count). The SMILES string of the molecule is CC1CN(c2c([C@H](C)NC(=O)c3c(N)nn4cccnc34)cc(Cl)c3cncn23)CCS1(=O)=O.O=C(O)C(F)(F)F. The minimum absolute atomic E-state index is 0.0394. The van der Waals surface area contributed by atoms with Gasteiger partial charge in [0.2, 0.25) is 0 Å². The van der Waals surface area contributed by atoms with Crippen molar-refractivity contribution in [3.05, 3.63) is 53.2 Å². The highest BCUT2D eigenvalue weighted by Crippen LogP contribution is 2.34. The molecule has 0 spiro atoms. The number of carboxylic acid groups (broad SMARTS) is 1. The Balaban J connectivity index is 0.000000493. The predicted molar refractivity (Wildman–Crippen MR) is 143 cm³/mol. The summed E-state index contributed by atoms with van der Waals surface area (Å²) >= 11 is 6.54. The quantitative estimate of drug-likeness (QED) is 0.308. The second-order valence-electron chi connectivity index (χ2n) is 9.19. The number of hydrogen-bond donors (Lipinski definition) is 3. The lowest BCUT2D eigenvalue weighted by Gasteiger charge is -2.35. The molecule has 0 saturated carbocycles. The van der Waals surface area contributed by atoms with E-state index >= 15 is 0 Å². The maximum atomic E-state index is 13.2. The third-order valence-electron chi connectivity index (χ3n) is 6.39. The molecule has 18 heteroatoms. The van der Waals surface area contributed by atoms with Crippen molar-refractivity contribution in [2.24, 2.45) is 0 Å². The summed E-state index contributed by atoms with van der Waals surface area (Å²) in [7, 11) is -3.15. The van der Waals surface area contributed by atoms with Crippen LogP contribution < -0.4 is 16.0 Å². The summed E-state index contributed by atoms with van der Waals surface area (Å²) < 4.78 is 59.6. The molecule has 0 aromatic carbocycles. The van der Waals surface area contributed by atoms with Crippen molar-refractivity contribution in [1.29, 1.82) is 0 Å². The van der Waals surface area contributed by atoms with Crippen LogP contribution in [0.15, 0.2) is 37.1 Å². The molecule has 41 heavy (non-hydrogen) atoms. The highest BCUT2D eigenvalue weighted by molar-refractivity contribution is 7.92. The van der Waals surface area contributed by atoms with Crippen LogP contribution in [0.5, 0.6) is 0 Å². The van der Waals surface area contributed by atoms with Gasteiger partial charge < -0.3 is 21.1 Å². The molecule has 0 radical (unpaired) electrons. The number of carboxylic acids is 1. The maximum absolute atomic E-state index is 13.2. The second-order valence-corrected chi connectivity index (χ2v) is 12.1. The fraction of sp³-hybridized carbons (Fsp3) is 0.348. The Bertz CT molecular complexity index is 1740. The van der Waals surface area contributed by atoms with Crippen molar-refractivity contribution in [3.63, 3.8) is 0 Å². The molecular formula is C23H24ClF3N8O5S. The Labute approximate surface area is 235 Å². The second kappa shape index (κ2) is 11.0. The van der Waals surface area contributed by atoms with Crippen LogP contribution in [0.2, 0.25) is 5.02 Å². The number of imidazole rings is 1. The molecule has 2 atom stereocenters. The van der Waals surface area contributed by atoms with Gasteiger partial charge in [0, 0.05) is 31.0 Å². The Morgan fingerprint density at radius 3 is 2.63 bits per heavy atom. The molecule has 220 valence electrons. The lowest BCUT2D eigenvalue weighted by Crippen LogP contribution is -2.46. The van der Waals surface area contributed by atoms with Gasteiger partial charge in [-0.15, -0.1) is 5.10 Å². The van der Waals surface area contributed by atoms with Crippen LogP contribution >= 0.6 is 11.6 Å². The first kappa shape index (κ1) is 29.9. The number of amides is 1.